The Labute approximate surface area is 147 Å². The number of aromatic nitrogens is 4. The molecule has 2 heterocycles. The molecule has 0 aliphatic heterocycles. The van der Waals surface area contributed by atoms with Crippen LogP contribution in [0.5, 0.6) is 5.88 Å². The molecule has 0 saturated heterocycles. The van der Waals surface area contributed by atoms with Gasteiger partial charge in [-0.3, -0.25) is 4.68 Å². The normalized spacial score (nSPS) is 20.7. The van der Waals surface area contributed by atoms with Crippen LogP contribution in [0.1, 0.15) is 52.5 Å². The molecule has 1 aliphatic carbocycles. The fraction of sp³-hybridized carbons (Fsp3) is 0.611. The van der Waals surface area contributed by atoms with Crippen molar-refractivity contribution in [2.75, 3.05) is 11.9 Å². The highest BCUT2D eigenvalue weighted by molar-refractivity contribution is 5.50. The summed E-state index contributed by atoms with van der Waals surface area (Å²) in [6, 6.07) is 0.266. The van der Waals surface area contributed by atoms with Crippen LogP contribution in [0.4, 0.5) is 16.0 Å². The molecule has 136 valence electrons. The van der Waals surface area contributed by atoms with Crippen LogP contribution in [-0.2, 0) is 0 Å². The van der Waals surface area contributed by atoms with E-state index >= 15 is 0 Å². The molecule has 0 atom stereocenters. The lowest BCUT2D eigenvalue weighted by Crippen LogP contribution is -2.19. The molecule has 0 radical (unpaired) electrons. The number of anilines is 2. The van der Waals surface area contributed by atoms with Crippen molar-refractivity contribution < 1.29 is 9.13 Å². The Kier molecular flexibility index (Phi) is 5.50. The monoisotopic (exact) mass is 347 g/mol. The summed E-state index contributed by atoms with van der Waals surface area (Å²) in [6.45, 7) is 6.87. The van der Waals surface area contributed by atoms with Crippen molar-refractivity contribution in [3.05, 3.63) is 24.4 Å². The zero-order valence-corrected chi connectivity index (χ0v) is 15.1. The highest BCUT2D eigenvalue weighted by Gasteiger charge is 2.20. The second kappa shape index (κ2) is 7.80. The highest BCUT2D eigenvalue weighted by atomic mass is 19.1. The van der Waals surface area contributed by atoms with Gasteiger partial charge in [-0.1, -0.05) is 19.8 Å². The van der Waals surface area contributed by atoms with Crippen molar-refractivity contribution in [1.82, 2.24) is 19.7 Å². The molecule has 0 amide bonds. The van der Waals surface area contributed by atoms with Gasteiger partial charge in [0.15, 0.2) is 0 Å². The van der Waals surface area contributed by atoms with E-state index in [0.717, 1.165) is 30.6 Å². The summed E-state index contributed by atoms with van der Waals surface area (Å²) in [6.07, 6.45) is 9.39. The molecule has 0 unspecified atom stereocenters. The average molecular weight is 347 g/mol. The largest absolute Gasteiger partial charge is 0.475 e. The Hall–Kier alpha value is -2.18. The average Bonchev–Trinajstić information content (AvgIpc) is 3.05. The highest BCUT2D eigenvalue weighted by Crippen LogP contribution is 2.29. The number of rotatable bonds is 6. The number of ether oxygens (including phenoxy) is 1. The minimum atomic E-state index is -0.535. The van der Waals surface area contributed by atoms with Gasteiger partial charge < -0.3 is 10.1 Å². The Morgan fingerprint density at radius 1 is 1.28 bits per heavy atom. The Morgan fingerprint density at radius 3 is 2.72 bits per heavy atom. The van der Waals surface area contributed by atoms with Crippen molar-refractivity contribution in [2.45, 2.75) is 52.5 Å². The van der Waals surface area contributed by atoms with Crippen LogP contribution in [-0.4, -0.2) is 26.4 Å². The summed E-state index contributed by atoms with van der Waals surface area (Å²) < 4.78 is 21.4. The van der Waals surface area contributed by atoms with Crippen LogP contribution in [0.25, 0.3) is 0 Å². The second-order valence-electron chi connectivity index (χ2n) is 7.21. The van der Waals surface area contributed by atoms with Crippen LogP contribution < -0.4 is 10.1 Å². The third kappa shape index (κ3) is 4.67. The second-order valence-corrected chi connectivity index (χ2v) is 7.21. The number of halogens is 1. The van der Waals surface area contributed by atoms with E-state index in [9.17, 15) is 4.39 Å². The third-order valence-corrected chi connectivity index (χ3v) is 4.69. The number of nitrogens with zero attached hydrogens (tertiary/aromatic N) is 4. The van der Waals surface area contributed by atoms with E-state index < -0.39 is 5.82 Å². The lowest BCUT2D eigenvalue weighted by Gasteiger charge is -2.25. The van der Waals surface area contributed by atoms with Crippen LogP contribution in [0.15, 0.2) is 18.6 Å². The zero-order valence-electron chi connectivity index (χ0n) is 15.1. The summed E-state index contributed by atoms with van der Waals surface area (Å²) in [5, 5.41) is 7.29. The van der Waals surface area contributed by atoms with Crippen LogP contribution in [0.2, 0.25) is 0 Å². The summed E-state index contributed by atoms with van der Waals surface area (Å²) in [7, 11) is 0. The number of nitrogens with one attached hydrogen (secondary N) is 1. The van der Waals surface area contributed by atoms with Crippen LogP contribution in [0.3, 0.4) is 0 Å². The first-order valence-corrected chi connectivity index (χ1v) is 8.97. The minimum absolute atomic E-state index is 0.00683. The van der Waals surface area contributed by atoms with Crippen molar-refractivity contribution in [2.24, 2.45) is 11.8 Å². The van der Waals surface area contributed by atoms with Gasteiger partial charge in [-0.05, 0) is 38.5 Å². The number of hydrogen-bond acceptors (Lipinski definition) is 5. The molecule has 0 spiro atoms. The molecular weight excluding hydrogens is 321 g/mol. The van der Waals surface area contributed by atoms with Crippen LogP contribution in [0, 0.1) is 17.7 Å². The fourth-order valence-electron chi connectivity index (χ4n) is 3.02. The van der Waals surface area contributed by atoms with E-state index in [-0.39, 0.29) is 11.9 Å². The molecule has 0 bridgehead atoms. The summed E-state index contributed by atoms with van der Waals surface area (Å²) in [5.74, 6) is 1.04. The molecule has 1 saturated carbocycles. The van der Waals surface area contributed by atoms with E-state index in [1.165, 1.54) is 12.8 Å². The van der Waals surface area contributed by atoms with Gasteiger partial charge in [-0.25, -0.2) is 4.98 Å². The Balaban J connectivity index is 1.61. The topological polar surface area (TPSA) is 64.9 Å². The maximum atomic E-state index is 13.9. The summed E-state index contributed by atoms with van der Waals surface area (Å²) in [5.41, 5.74) is 0.757. The first kappa shape index (κ1) is 17.6. The van der Waals surface area contributed by atoms with Gasteiger partial charge >= 0.3 is 0 Å². The first-order valence-electron chi connectivity index (χ1n) is 8.97. The first-order chi connectivity index (χ1) is 12.0. The molecule has 25 heavy (non-hydrogen) atoms. The molecule has 1 fully saturated rings. The lowest BCUT2D eigenvalue weighted by atomic mass is 9.83. The van der Waals surface area contributed by atoms with E-state index in [2.05, 4.69) is 27.3 Å². The predicted octanol–water partition coefficient (Wildman–Crippen LogP) is 4.34. The molecule has 2 aromatic heterocycles. The van der Waals surface area contributed by atoms with Gasteiger partial charge in [0, 0.05) is 12.2 Å². The minimum Gasteiger partial charge on any atom is -0.475 e. The smallest absolute Gasteiger partial charge is 0.255 e. The van der Waals surface area contributed by atoms with Crippen molar-refractivity contribution in [3.8, 4) is 5.88 Å². The quantitative estimate of drug-likeness (QED) is 0.842. The van der Waals surface area contributed by atoms with Gasteiger partial charge in [-0.15, -0.1) is 0 Å². The van der Waals surface area contributed by atoms with Gasteiger partial charge in [-0.2, -0.15) is 14.5 Å². The molecule has 1 N–H and O–H groups in total. The predicted molar refractivity (Wildman–Crippen MR) is 94.5 cm³/mol. The fourth-order valence-corrected chi connectivity index (χ4v) is 3.02. The zero-order chi connectivity index (χ0) is 17.8. The Bertz CT molecular complexity index is 695. The van der Waals surface area contributed by atoms with Crippen LogP contribution >= 0.6 is 0 Å². The molecule has 2 aromatic rings. The van der Waals surface area contributed by atoms with E-state index in [0.29, 0.717) is 18.5 Å². The summed E-state index contributed by atoms with van der Waals surface area (Å²) in [4.78, 5) is 8.14. The lowest BCUT2D eigenvalue weighted by molar-refractivity contribution is 0.178. The molecule has 7 heteroatoms. The molecular formula is C18H26FN5O. The maximum absolute atomic E-state index is 13.9. The van der Waals surface area contributed by atoms with Gasteiger partial charge in [0.1, 0.15) is 0 Å². The SMILES string of the molecule is CC1CCC(COc2nc(Nc3cnn(C(C)C)c3)ncc2F)CC1. The van der Waals surface area contributed by atoms with Crippen molar-refractivity contribution in [3.63, 3.8) is 0 Å². The van der Waals surface area contributed by atoms with E-state index in [4.69, 9.17) is 4.74 Å². The van der Waals surface area contributed by atoms with Crippen molar-refractivity contribution >= 4 is 11.6 Å². The third-order valence-electron chi connectivity index (χ3n) is 4.69. The standard InChI is InChI=1S/C18H26FN5O/c1-12(2)24-10-15(8-21-24)22-18-20-9-16(19)17(23-18)25-11-14-6-4-13(3)5-7-14/h8-10,12-14H,4-7,11H2,1-3H3,(H,20,22,23). The van der Waals surface area contributed by atoms with E-state index in [1.807, 2.05) is 24.7 Å². The van der Waals surface area contributed by atoms with Gasteiger partial charge in [0.25, 0.3) is 5.88 Å². The molecule has 1 aliphatic rings. The van der Waals surface area contributed by atoms with Gasteiger partial charge in [0.2, 0.25) is 11.8 Å². The molecule has 6 nitrogen and oxygen atoms in total. The molecule has 3 rings (SSSR count). The Morgan fingerprint density at radius 2 is 2.04 bits per heavy atom. The van der Waals surface area contributed by atoms with E-state index in [1.54, 1.807) is 6.20 Å². The maximum Gasteiger partial charge on any atom is 0.255 e. The molecule has 0 aromatic carbocycles. The summed E-state index contributed by atoms with van der Waals surface area (Å²) >= 11 is 0. The van der Waals surface area contributed by atoms with Crippen molar-refractivity contribution in [1.29, 1.82) is 0 Å². The number of hydrogen-bond donors (Lipinski definition) is 1. The van der Waals surface area contributed by atoms with Gasteiger partial charge in [0.05, 0.1) is 24.7 Å².